The van der Waals surface area contributed by atoms with Crippen LogP contribution in [0.5, 0.6) is 0 Å². The number of aromatic nitrogens is 1. The van der Waals surface area contributed by atoms with Crippen LogP contribution in [0.1, 0.15) is 0 Å². The van der Waals surface area contributed by atoms with Crippen LogP contribution in [0.15, 0.2) is 206 Å². The third-order valence-electron chi connectivity index (χ3n) is 11.6. The first-order valence-electron chi connectivity index (χ1n) is 19.7. The summed E-state index contributed by atoms with van der Waals surface area (Å²) in [5.74, 6) is 0. The van der Waals surface area contributed by atoms with E-state index in [0.29, 0.717) is 0 Å². The maximum Gasteiger partial charge on any atom is 0.0541 e. The van der Waals surface area contributed by atoms with Gasteiger partial charge < -0.3 is 9.47 Å². The highest BCUT2D eigenvalue weighted by Gasteiger charge is 2.17. The number of benzene rings is 9. The number of hydrogen-bond donors (Lipinski definition) is 0. The molecule has 12 aromatic rings. The molecule has 0 unspecified atom stereocenters. The van der Waals surface area contributed by atoms with Crippen LogP contribution in [-0.4, -0.2) is 4.57 Å². The fraction of sp³-hybridized carbons (Fsp3) is 0. The topological polar surface area (TPSA) is 8.17 Å². The van der Waals surface area contributed by atoms with Gasteiger partial charge in [-0.15, -0.1) is 22.7 Å². The number of nitrogens with zero attached hydrogens (tertiary/aromatic N) is 2. The molecule has 9 aromatic carbocycles. The Hall–Kier alpha value is -6.98. The maximum atomic E-state index is 2.41. The summed E-state index contributed by atoms with van der Waals surface area (Å²) in [6, 6.07) is 75.4. The molecular formula is C54H34N2S2. The largest absolute Gasteiger partial charge is 0.310 e. The number of anilines is 3. The van der Waals surface area contributed by atoms with Crippen LogP contribution in [-0.2, 0) is 0 Å². The fourth-order valence-corrected chi connectivity index (χ4v) is 11.3. The number of thiophene rings is 2. The molecule has 4 heteroatoms. The SMILES string of the molecule is c1ccc(N(c2ccccc2)c2ccc3sc4cc(-c5ccc(-c6cccc7c6sc6cc(-n8c9ccccc9c9ccccc98)ccc67)cc5)ccc4c3c2)cc1. The lowest BCUT2D eigenvalue weighted by atomic mass is 9.98. The average Bonchev–Trinajstić information content (AvgIpc) is 3.96. The quantitative estimate of drug-likeness (QED) is 0.163. The number of para-hydroxylation sites is 4. The van der Waals surface area contributed by atoms with Crippen molar-refractivity contribution in [2.24, 2.45) is 0 Å². The van der Waals surface area contributed by atoms with Gasteiger partial charge in [0.25, 0.3) is 0 Å². The van der Waals surface area contributed by atoms with Crippen LogP contribution in [0.3, 0.4) is 0 Å². The van der Waals surface area contributed by atoms with Crippen molar-refractivity contribution < 1.29 is 0 Å². The molecule has 0 saturated heterocycles. The van der Waals surface area contributed by atoms with Crippen LogP contribution in [0.25, 0.3) is 90.1 Å². The van der Waals surface area contributed by atoms with E-state index in [9.17, 15) is 0 Å². The van der Waals surface area contributed by atoms with Gasteiger partial charge in [-0.1, -0.05) is 133 Å². The smallest absolute Gasteiger partial charge is 0.0541 e. The molecule has 2 nitrogen and oxygen atoms in total. The highest BCUT2D eigenvalue weighted by Crippen LogP contribution is 2.44. The van der Waals surface area contributed by atoms with Gasteiger partial charge in [0.15, 0.2) is 0 Å². The van der Waals surface area contributed by atoms with Crippen molar-refractivity contribution in [2.75, 3.05) is 4.90 Å². The molecule has 0 aliphatic carbocycles. The number of hydrogen-bond acceptors (Lipinski definition) is 3. The summed E-state index contributed by atoms with van der Waals surface area (Å²) < 4.78 is 7.64. The Morgan fingerprint density at radius 1 is 0.328 bits per heavy atom. The van der Waals surface area contributed by atoms with Gasteiger partial charge in [-0.3, -0.25) is 0 Å². The molecule has 0 fully saturated rings. The molecule has 3 aromatic heterocycles. The van der Waals surface area contributed by atoms with Gasteiger partial charge in [0, 0.05) is 73.9 Å². The molecule has 0 aliphatic heterocycles. The molecule has 0 bridgehead atoms. The van der Waals surface area contributed by atoms with E-state index in [1.165, 1.54) is 90.1 Å². The zero-order chi connectivity index (χ0) is 38.2. The Bertz CT molecular complexity index is 3410. The summed E-state index contributed by atoms with van der Waals surface area (Å²) in [4.78, 5) is 2.34. The molecule has 0 spiro atoms. The first kappa shape index (κ1) is 33.2. The third kappa shape index (κ3) is 5.30. The molecule has 0 saturated carbocycles. The van der Waals surface area contributed by atoms with Crippen LogP contribution in [0.4, 0.5) is 17.1 Å². The van der Waals surface area contributed by atoms with E-state index in [0.717, 1.165) is 17.1 Å². The minimum absolute atomic E-state index is 1.14. The highest BCUT2D eigenvalue weighted by molar-refractivity contribution is 7.26. The summed E-state index contributed by atoms with van der Waals surface area (Å²) in [7, 11) is 0. The Balaban J connectivity index is 0.887. The van der Waals surface area contributed by atoms with Gasteiger partial charge in [0.1, 0.15) is 0 Å². The van der Waals surface area contributed by atoms with Gasteiger partial charge >= 0.3 is 0 Å². The Kier molecular flexibility index (Phi) is 7.62. The van der Waals surface area contributed by atoms with Crippen LogP contribution >= 0.6 is 22.7 Å². The van der Waals surface area contributed by atoms with E-state index >= 15 is 0 Å². The van der Waals surface area contributed by atoms with Gasteiger partial charge in [-0.05, 0) is 95.1 Å². The summed E-state index contributed by atoms with van der Waals surface area (Å²) in [6.07, 6.45) is 0. The molecule has 272 valence electrons. The Labute approximate surface area is 343 Å². The third-order valence-corrected chi connectivity index (χ3v) is 13.9. The highest BCUT2D eigenvalue weighted by atomic mass is 32.1. The molecule has 0 aliphatic rings. The number of fused-ring (bicyclic) bond motifs is 9. The molecular weight excluding hydrogens is 741 g/mol. The molecule has 0 radical (unpaired) electrons. The van der Waals surface area contributed by atoms with Crippen molar-refractivity contribution in [2.45, 2.75) is 0 Å². The van der Waals surface area contributed by atoms with E-state index in [1.54, 1.807) is 0 Å². The van der Waals surface area contributed by atoms with Crippen molar-refractivity contribution in [3.8, 4) is 27.9 Å². The lowest BCUT2D eigenvalue weighted by Gasteiger charge is -2.25. The summed E-state index contributed by atoms with van der Waals surface area (Å²) in [6.45, 7) is 0. The molecule has 58 heavy (non-hydrogen) atoms. The van der Waals surface area contributed by atoms with E-state index in [4.69, 9.17) is 0 Å². The fourth-order valence-electron chi connectivity index (χ4n) is 8.88. The minimum atomic E-state index is 1.14. The van der Waals surface area contributed by atoms with Crippen molar-refractivity contribution in [1.82, 2.24) is 4.57 Å². The predicted molar refractivity (Wildman–Crippen MR) is 252 cm³/mol. The molecule has 0 N–H and O–H groups in total. The zero-order valence-corrected chi connectivity index (χ0v) is 33.0. The van der Waals surface area contributed by atoms with Crippen LogP contribution in [0.2, 0.25) is 0 Å². The summed E-state index contributed by atoms with van der Waals surface area (Å²) in [5.41, 5.74) is 12.1. The second kappa shape index (κ2) is 13.3. The standard InChI is InChI=1S/C54H34N2S2/c1-3-12-38(13-4-1)55(39-14-5-2-6-15-39)40-28-31-51-48(33-40)46-29-26-37(32-52(46)57-51)35-22-24-36(25-23-35)42-18-11-19-47-45-30-27-41(34-53(45)58-54(42)47)56-49-20-9-7-16-43(49)44-17-8-10-21-50(44)56/h1-34H. The Morgan fingerprint density at radius 2 is 0.914 bits per heavy atom. The van der Waals surface area contributed by atoms with E-state index in [-0.39, 0.29) is 0 Å². The number of rotatable bonds is 6. The Morgan fingerprint density at radius 3 is 1.64 bits per heavy atom. The van der Waals surface area contributed by atoms with E-state index in [1.807, 2.05) is 22.7 Å². The second-order valence-electron chi connectivity index (χ2n) is 14.9. The molecule has 0 atom stereocenters. The van der Waals surface area contributed by atoms with E-state index in [2.05, 4.69) is 216 Å². The van der Waals surface area contributed by atoms with Crippen molar-refractivity contribution in [3.63, 3.8) is 0 Å². The average molecular weight is 775 g/mol. The van der Waals surface area contributed by atoms with E-state index < -0.39 is 0 Å². The van der Waals surface area contributed by atoms with Crippen LogP contribution < -0.4 is 4.90 Å². The minimum Gasteiger partial charge on any atom is -0.310 e. The first-order chi connectivity index (χ1) is 28.7. The van der Waals surface area contributed by atoms with Gasteiger partial charge in [-0.2, -0.15) is 0 Å². The van der Waals surface area contributed by atoms with Crippen molar-refractivity contribution >= 4 is 102 Å². The molecule has 0 amide bonds. The lowest BCUT2D eigenvalue weighted by molar-refractivity contribution is 1.19. The van der Waals surface area contributed by atoms with Gasteiger partial charge in [0.05, 0.1) is 11.0 Å². The monoisotopic (exact) mass is 774 g/mol. The zero-order valence-electron chi connectivity index (χ0n) is 31.3. The first-order valence-corrected chi connectivity index (χ1v) is 21.3. The van der Waals surface area contributed by atoms with Crippen molar-refractivity contribution in [3.05, 3.63) is 206 Å². The normalized spacial score (nSPS) is 11.8. The van der Waals surface area contributed by atoms with Gasteiger partial charge in [0.2, 0.25) is 0 Å². The molecule has 3 heterocycles. The summed E-state index contributed by atoms with van der Waals surface area (Å²) >= 11 is 3.76. The summed E-state index contributed by atoms with van der Waals surface area (Å²) in [5, 5.41) is 7.76. The van der Waals surface area contributed by atoms with Gasteiger partial charge in [-0.25, -0.2) is 0 Å². The molecule has 12 rings (SSSR count). The van der Waals surface area contributed by atoms with Crippen molar-refractivity contribution in [1.29, 1.82) is 0 Å². The maximum absolute atomic E-state index is 2.41. The second-order valence-corrected chi connectivity index (χ2v) is 17.0. The van der Waals surface area contributed by atoms with Crippen LogP contribution in [0, 0.1) is 0 Å². The predicted octanol–water partition coefficient (Wildman–Crippen LogP) is 16.3. The lowest BCUT2D eigenvalue weighted by Crippen LogP contribution is -2.09.